The van der Waals surface area contributed by atoms with Crippen molar-refractivity contribution < 1.29 is 0 Å². The topological polar surface area (TPSA) is 15.3 Å². The van der Waals surface area contributed by atoms with Gasteiger partial charge in [-0.2, -0.15) is 0 Å². The van der Waals surface area contributed by atoms with Crippen molar-refractivity contribution in [3.8, 4) is 0 Å². The number of hydrogen-bond donors (Lipinski definition) is 1. The molecule has 4 unspecified atom stereocenters. The molecule has 0 aromatic heterocycles. The molecule has 0 amide bonds. The number of hydrogen-bond acceptors (Lipinski definition) is 2. The molecule has 1 aliphatic rings. The molecule has 2 rings (SSSR count). The van der Waals surface area contributed by atoms with E-state index in [1.54, 1.807) is 0 Å². The van der Waals surface area contributed by atoms with Crippen LogP contribution < -0.4 is 5.32 Å². The molecule has 2 heteroatoms. The van der Waals surface area contributed by atoms with E-state index in [0.29, 0.717) is 18.1 Å². The molecule has 0 radical (unpaired) electrons. The third kappa shape index (κ3) is 3.62. The summed E-state index contributed by atoms with van der Waals surface area (Å²) in [6.45, 7) is 10.3. The summed E-state index contributed by atoms with van der Waals surface area (Å²) in [6.07, 6.45) is 2.40. The Morgan fingerprint density at radius 2 is 1.90 bits per heavy atom. The van der Waals surface area contributed by atoms with Gasteiger partial charge in [0.15, 0.2) is 0 Å². The number of nitrogens with zero attached hydrogens (tertiary/aromatic N) is 1. The summed E-state index contributed by atoms with van der Waals surface area (Å²) in [5.74, 6) is 0.718. The Morgan fingerprint density at radius 3 is 2.50 bits per heavy atom. The highest BCUT2D eigenvalue weighted by molar-refractivity contribution is 5.24. The highest BCUT2D eigenvalue weighted by atomic mass is 15.2. The summed E-state index contributed by atoms with van der Waals surface area (Å²) < 4.78 is 0. The van der Waals surface area contributed by atoms with Gasteiger partial charge in [-0.3, -0.25) is 0 Å². The van der Waals surface area contributed by atoms with Crippen LogP contribution in [0.2, 0.25) is 0 Å². The van der Waals surface area contributed by atoms with E-state index in [4.69, 9.17) is 0 Å². The summed E-state index contributed by atoms with van der Waals surface area (Å²) in [4.78, 5) is 2.48. The van der Waals surface area contributed by atoms with Gasteiger partial charge in [-0.1, -0.05) is 43.7 Å². The lowest BCUT2D eigenvalue weighted by Gasteiger charge is -2.41. The molecule has 1 fully saturated rings. The van der Waals surface area contributed by atoms with Crippen molar-refractivity contribution in [1.29, 1.82) is 0 Å². The number of aryl methyl sites for hydroxylation is 1. The van der Waals surface area contributed by atoms with E-state index in [1.165, 1.54) is 24.1 Å². The lowest BCUT2D eigenvalue weighted by molar-refractivity contribution is 0.115. The third-order valence-electron chi connectivity index (χ3n) is 4.91. The Balaban J connectivity index is 2.04. The van der Waals surface area contributed by atoms with Gasteiger partial charge in [-0.05, 0) is 45.2 Å². The highest BCUT2D eigenvalue weighted by Gasteiger charge is 2.30. The Bertz CT molecular complexity index is 412. The number of nitrogens with one attached hydrogen (secondary N) is 1. The predicted molar refractivity (Wildman–Crippen MR) is 87.0 cm³/mol. The quantitative estimate of drug-likeness (QED) is 0.899. The lowest BCUT2D eigenvalue weighted by Crippen LogP contribution is -2.51. The molecule has 1 saturated heterocycles. The maximum Gasteiger partial charge on any atom is 0.0320 e. The summed E-state index contributed by atoms with van der Waals surface area (Å²) in [5.41, 5.74) is 2.77. The maximum absolute atomic E-state index is 3.92. The van der Waals surface area contributed by atoms with Gasteiger partial charge in [0.2, 0.25) is 0 Å². The highest BCUT2D eigenvalue weighted by Crippen LogP contribution is 2.25. The molecule has 4 atom stereocenters. The zero-order valence-corrected chi connectivity index (χ0v) is 13.7. The molecule has 0 spiro atoms. The van der Waals surface area contributed by atoms with Gasteiger partial charge in [0.25, 0.3) is 0 Å². The molecule has 112 valence electrons. The van der Waals surface area contributed by atoms with E-state index in [-0.39, 0.29) is 0 Å². The van der Waals surface area contributed by atoms with Crippen molar-refractivity contribution in [2.24, 2.45) is 5.92 Å². The standard InChI is InChI=1S/C18H30N2/c1-6-17(16-9-7-13(2)8-10-16)19-18-11-15(4)20(5)12-14(18)3/h7-10,14-15,17-19H,6,11-12H2,1-5H3. The first kappa shape index (κ1) is 15.5. The SMILES string of the molecule is CCC(NC1CC(C)N(C)CC1C)c1ccc(C)cc1. The van der Waals surface area contributed by atoms with E-state index in [9.17, 15) is 0 Å². The minimum Gasteiger partial charge on any atom is -0.307 e. The first-order chi connectivity index (χ1) is 9.51. The number of piperidine rings is 1. The second kappa shape index (κ2) is 6.73. The lowest BCUT2D eigenvalue weighted by atomic mass is 9.88. The smallest absolute Gasteiger partial charge is 0.0320 e. The van der Waals surface area contributed by atoms with E-state index in [2.05, 4.69) is 69.2 Å². The van der Waals surface area contributed by atoms with Gasteiger partial charge in [0.05, 0.1) is 0 Å². The summed E-state index contributed by atoms with van der Waals surface area (Å²) in [6, 6.07) is 10.8. The van der Waals surface area contributed by atoms with Gasteiger partial charge in [-0.15, -0.1) is 0 Å². The average Bonchev–Trinajstić information content (AvgIpc) is 2.42. The molecule has 0 bridgehead atoms. The monoisotopic (exact) mass is 274 g/mol. The van der Waals surface area contributed by atoms with E-state index in [1.807, 2.05) is 0 Å². The molecule has 1 aliphatic heterocycles. The van der Waals surface area contributed by atoms with Gasteiger partial charge in [0, 0.05) is 24.7 Å². The van der Waals surface area contributed by atoms with Crippen LogP contribution in [0.1, 0.15) is 50.8 Å². The first-order valence-corrected chi connectivity index (χ1v) is 8.04. The van der Waals surface area contributed by atoms with Gasteiger partial charge < -0.3 is 10.2 Å². The molecule has 2 nitrogen and oxygen atoms in total. The van der Waals surface area contributed by atoms with Crippen LogP contribution >= 0.6 is 0 Å². The normalized spacial score (nSPS) is 29.4. The van der Waals surface area contributed by atoms with Gasteiger partial charge in [0.1, 0.15) is 0 Å². The number of likely N-dealkylation sites (tertiary alicyclic amines) is 1. The molecular weight excluding hydrogens is 244 g/mol. The predicted octanol–water partition coefficient (Wildman–Crippen LogP) is 3.76. The average molecular weight is 274 g/mol. The van der Waals surface area contributed by atoms with Crippen LogP contribution in [0.3, 0.4) is 0 Å². The van der Waals surface area contributed by atoms with Crippen LogP contribution in [0, 0.1) is 12.8 Å². The van der Waals surface area contributed by atoms with Crippen molar-refractivity contribution in [2.75, 3.05) is 13.6 Å². The third-order valence-corrected chi connectivity index (χ3v) is 4.91. The second-order valence-electron chi connectivity index (χ2n) is 6.65. The summed E-state index contributed by atoms with van der Waals surface area (Å²) in [7, 11) is 2.24. The van der Waals surface area contributed by atoms with Gasteiger partial charge in [-0.25, -0.2) is 0 Å². The van der Waals surface area contributed by atoms with Crippen molar-refractivity contribution in [3.05, 3.63) is 35.4 Å². The largest absolute Gasteiger partial charge is 0.307 e. The van der Waals surface area contributed by atoms with Crippen LogP contribution in [-0.2, 0) is 0 Å². The minimum atomic E-state index is 0.485. The number of benzene rings is 1. The van der Waals surface area contributed by atoms with Crippen molar-refractivity contribution in [3.63, 3.8) is 0 Å². The van der Waals surface area contributed by atoms with Crippen molar-refractivity contribution in [1.82, 2.24) is 10.2 Å². The fourth-order valence-electron chi connectivity index (χ4n) is 3.28. The van der Waals surface area contributed by atoms with E-state index in [0.717, 1.165) is 12.3 Å². The molecule has 0 saturated carbocycles. The van der Waals surface area contributed by atoms with Crippen LogP contribution in [-0.4, -0.2) is 30.6 Å². The zero-order chi connectivity index (χ0) is 14.7. The maximum atomic E-state index is 3.92. The van der Waals surface area contributed by atoms with Crippen LogP contribution in [0.15, 0.2) is 24.3 Å². The molecule has 1 heterocycles. The van der Waals surface area contributed by atoms with E-state index < -0.39 is 0 Å². The summed E-state index contributed by atoms with van der Waals surface area (Å²) in [5, 5.41) is 3.92. The first-order valence-electron chi connectivity index (χ1n) is 8.04. The van der Waals surface area contributed by atoms with Crippen LogP contribution in [0.5, 0.6) is 0 Å². The zero-order valence-electron chi connectivity index (χ0n) is 13.7. The Hall–Kier alpha value is -0.860. The molecule has 20 heavy (non-hydrogen) atoms. The molecule has 1 aromatic carbocycles. The van der Waals surface area contributed by atoms with E-state index >= 15 is 0 Å². The second-order valence-corrected chi connectivity index (χ2v) is 6.65. The molecule has 1 N–H and O–H groups in total. The van der Waals surface area contributed by atoms with Crippen LogP contribution in [0.4, 0.5) is 0 Å². The molecular formula is C18H30N2. The Kier molecular flexibility index (Phi) is 5.22. The molecule has 1 aromatic rings. The van der Waals surface area contributed by atoms with Crippen LogP contribution in [0.25, 0.3) is 0 Å². The minimum absolute atomic E-state index is 0.485. The van der Waals surface area contributed by atoms with Crippen molar-refractivity contribution >= 4 is 0 Å². The Labute approximate surface area is 124 Å². The molecule has 0 aliphatic carbocycles. The van der Waals surface area contributed by atoms with Gasteiger partial charge >= 0.3 is 0 Å². The Morgan fingerprint density at radius 1 is 1.25 bits per heavy atom. The number of rotatable bonds is 4. The fourth-order valence-corrected chi connectivity index (χ4v) is 3.28. The van der Waals surface area contributed by atoms with Crippen molar-refractivity contribution in [2.45, 2.75) is 58.7 Å². The fraction of sp³-hybridized carbons (Fsp3) is 0.667. The summed E-state index contributed by atoms with van der Waals surface area (Å²) >= 11 is 0.